The molecule has 0 unspecified atom stereocenters. The molecule has 0 saturated heterocycles. The van der Waals surface area contributed by atoms with Crippen LogP contribution in [-0.2, 0) is 16.4 Å². The van der Waals surface area contributed by atoms with Gasteiger partial charge in [0.2, 0.25) is 0 Å². The van der Waals surface area contributed by atoms with E-state index in [4.69, 9.17) is 4.52 Å². The highest BCUT2D eigenvalue weighted by atomic mass is 32.2. The van der Waals surface area contributed by atoms with Crippen molar-refractivity contribution in [2.45, 2.75) is 32.1 Å². The smallest absolute Gasteiger partial charge is 0.262 e. The lowest BCUT2D eigenvalue weighted by Crippen LogP contribution is -2.15. The lowest BCUT2D eigenvalue weighted by Gasteiger charge is -2.14. The van der Waals surface area contributed by atoms with Crippen LogP contribution in [0.1, 0.15) is 23.7 Å². The van der Waals surface area contributed by atoms with Gasteiger partial charge < -0.3 is 4.52 Å². The molecule has 1 aromatic heterocycles. The minimum Gasteiger partial charge on any atom is -0.356 e. The van der Waals surface area contributed by atoms with Crippen molar-refractivity contribution in [3.8, 4) is 11.3 Å². The van der Waals surface area contributed by atoms with Crippen LogP contribution in [0.4, 0.5) is 5.69 Å². The molecule has 0 spiro atoms. The second-order valence-electron chi connectivity index (χ2n) is 5.93. The molecule has 3 rings (SSSR count). The van der Waals surface area contributed by atoms with Crippen molar-refractivity contribution < 1.29 is 12.9 Å². The Bertz CT molecular complexity index is 1010. The van der Waals surface area contributed by atoms with Crippen LogP contribution in [0.5, 0.6) is 0 Å². The van der Waals surface area contributed by atoms with E-state index in [9.17, 15) is 8.42 Å². The number of sulfonamides is 1. The molecule has 1 N–H and O–H groups in total. The summed E-state index contributed by atoms with van der Waals surface area (Å²) in [5, 5.41) is 3.87. The van der Waals surface area contributed by atoms with Crippen LogP contribution >= 0.6 is 0 Å². The summed E-state index contributed by atoms with van der Waals surface area (Å²) in [6, 6.07) is 14.4. The van der Waals surface area contributed by atoms with Crippen LogP contribution in [0.15, 0.2) is 57.9 Å². The fourth-order valence-electron chi connectivity index (χ4n) is 2.64. The monoisotopic (exact) mass is 356 g/mol. The molecule has 0 bridgehead atoms. The Labute approximate surface area is 147 Å². The molecular weight excluding hydrogens is 336 g/mol. The number of aromatic nitrogens is 1. The Morgan fingerprint density at radius 3 is 2.48 bits per heavy atom. The molecule has 3 aromatic rings. The Hall–Kier alpha value is -2.60. The van der Waals surface area contributed by atoms with E-state index in [1.54, 1.807) is 24.3 Å². The van der Waals surface area contributed by atoms with Crippen molar-refractivity contribution in [1.82, 2.24) is 5.16 Å². The summed E-state index contributed by atoms with van der Waals surface area (Å²) in [4.78, 5) is 0.254. The Balaban J connectivity index is 2.06. The molecule has 0 radical (unpaired) electrons. The molecule has 0 atom stereocenters. The lowest BCUT2D eigenvalue weighted by molar-refractivity contribution is 0.427. The summed E-state index contributed by atoms with van der Waals surface area (Å²) in [6.07, 6.45) is 0.611. The van der Waals surface area contributed by atoms with Gasteiger partial charge in [-0.2, -0.15) is 0 Å². The van der Waals surface area contributed by atoms with E-state index >= 15 is 0 Å². The van der Waals surface area contributed by atoms with Gasteiger partial charge in [0.05, 0.1) is 16.3 Å². The maximum absolute atomic E-state index is 13.0. The molecule has 25 heavy (non-hydrogen) atoms. The first kappa shape index (κ1) is 17.2. The van der Waals surface area contributed by atoms with Gasteiger partial charge in [-0.05, 0) is 43.5 Å². The number of benzene rings is 2. The third kappa shape index (κ3) is 3.58. The minimum atomic E-state index is -3.71. The first-order valence-corrected chi connectivity index (χ1v) is 9.54. The molecule has 0 amide bonds. The molecule has 130 valence electrons. The summed E-state index contributed by atoms with van der Waals surface area (Å²) in [5.74, 6) is 0.549. The Kier molecular flexibility index (Phi) is 4.63. The summed E-state index contributed by atoms with van der Waals surface area (Å²) >= 11 is 0. The maximum Gasteiger partial charge on any atom is 0.262 e. The summed E-state index contributed by atoms with van der Waals surface area (Å²) in [6.45, 7) is 5.62. The van der Waals surface area contributed by atoms with Crippen molar-refractivity contribution in [1.29, 1.82) is 0 Å². The van der Waals surface area contributed by atoms with Crippen LogP contribution in [0.25, 0.3) is 11.3 Å². The topological polar surface area (TPSA) is 72.2 Å². The molecular formula is C19H20N2O3S. The zero-order chi connectivity index (χ0) is 18.0. The van der Waals surface area contributed by atoms with Gasteiger partial charge in [-0.3, -0.25) is 4.72 Å². The molecule has 2 aromatic carbocycles. The maximum atomic E-state index is 13.0. The number of anilines is 1. The first-order chi connectivity index (χ1) is 11.9. The second kappa shape index (κ2) is 6.72. The van der Waals surface area contributed by atoms with Crippen molar-refractivity contribution in [3.63, 3.8) is 0 Å². The highest BCUT2D eigenvalue weighted by molar-refractivity contribution is 7.92. The average Bonchev–Trinajstić information content (AvgIpc) is 3.02. The Morgan fingerprint density at radius 1 is 1.08 bits per heavy atom. The van der Waals surface area contributed by atoms with Gasteiger partial charge in [0, 0.05) is 11.6 Å². The largest absolute Gasteiger partial charge is 0.356 e. The predicted octanol–water partition coefficient (Wildman–Crippen LogP) is 4.32. The van der Waals surface area contributed by atoms with E-state index in [1.807, 2.05) is 45.0 Å². The van der Waals surface area contributed by atoms with Crippen LogP contribution < -0.4 is 4.72 Å². The van der Waals surface area contributed by atoms with E-state index in [2.05, 4.69) is 9.88 Å². The van der Waals surface area contributed by atoms with Crippen LogP contribution in [0.3, 0.4) is 0 Å². The molecule has 0 aliphatic carbocycles. The molecule has 0 saturated carbocycles. The van der Waals surface area contributed by atoms with Crippen molar-refractivity contribution >= 4 is 15.7 Å². The third-order valence-corrected chi connectivity index (χ3v) is 5.49. The zero-order valence-corrected chi connectivity index (χ0v) is 15.2. The highest BCUT2D eigenvalue weighted by Crippen LogP contribution is 2.28. The van der Waals surface area contributed by atoms with Crippen LogP contribution in [0, 0.1) is 13.8 Å². The number of hydrogen-bond donors (Lipinski definition) is 1. The van der Waals surface area contributed by atoms with Crippen molar-refractivity contribution in [2.75, 3.05) is 4.72 Å². The number of aryl methyl sites for hydroxylation is 3. The third-order valence-electron chi connectivity index (χ3n) is 4.04. The van der Waals surface area contributed by atoms with Gasteiger partial charge in [0.15, 0.2) is 5.76 Å². The Morgan fingerprint density at radius 2 is 1.84 bits per heavy atom. The van der Waals surface area contributed by atoms with Gasteiger partial charge in [-0.1, -0.05) is 42.4 Å². The number of nitrogens with one attached hydrogen (secondary N) is 1. The molecule has 6 heteroatoms. The minimum absolute atomic E-state index is 0.254. The molecule has 1 heterocycles. The summed E-state index contributed by atoms with van der Waals surface area (Å²) < 4.78 is 33.9. The predicted molar refractivity (Wildman–Crippen MR) is 98.0 cm³/mol. The number of nitrogens with zero attached hydrogens (tertiary/aromatic N) is 1. The molecule has 0 aliphatic heterocycles. The molecule has 5 nitrogen and oxygen atoms in total. The first-order valence-electron chi connectivity index (χ1n) is 8.06. The summed E-state index contributed by atoms with van der Waals surface area (Å²) in [5.41, 5.74) is 3.62. The fourth-order valence-corrected chi connectivity index (χ4v) is 4.11. The fraction of sp³-hybridized carbons (Fsp3) is 0.211. The van der Waals surface area contributed by atoms with Gasteiger partial charge >= 0.3 is 0 Å². The van der Waals surface area contributed by atoms with E-state index in [-0.39, 0.29) is 4.90 Å². The molecule has 0 aliphatic rings. The van der Waals surface area contributed by atoms with E-state index in [1.165, 1.54) is 0 Å². The SMILES string of the molecule is CCc1ccc(-c2cc(C)no2)cc1S(=O)(=O)Nc1ccccc1C. The number of para-hydroxylation sites is 1. The van der Waals surface area contributed by atoms with Crippen LogP contribution in [-0.4, -0.2) is 13.6 Å². The number of rotatable bonds is 5. The van der Waals surface area contributed by atoms with E-state index in [0.29, 0.717) is 23.4 Å². The summed E-state index contributed by atoms with van der Waals surface area (Å²) in [7, 11) is -3.71. The average molecular weight is 356 g/mol. The number of hydrogen-bond acceptors (Lipinski definition) is 4. The van der Waals surface area contributed by atoms with Gasteiger partial charge in [0.25, 0.3) is 10.0 Å². The van der Waals surface area contributed by atoms with Crippen molar-refractivity contribution in [2.24, 2.45) is 0 Å². The van der Waals surface area contributed by atoms with Gasteiger partial charge in [-0.25, -0.2) is 8.42 Å². The highest BCUT2D eigenvalue weighted by Gasteiger charge is 2.20. The van der Waals surface area contributed by atoms with Gasteiger partial charge in [-0.15, -0.1) is 0 Å². The second-order valence-corrected chi connectivity index (χ2v) is 7.58. The van der Waals surface area contributed by atoms with E-state index in [0.717, 1.165) is 16.8 Å². The molecule has 0 fully saturated rings. The van der Waals surface area contributed by atoms with Crippen LogP contribution in [0.2, 0.25) is 0 Å². The van der Waals surface area contributed by atoms with Gasteiger partial charge in [0.1, 0.15) is 0 Å². The lowest BCUT2D eigenvalue weighted by atomic mass is 10.1. The normalized spacial score (nSPS) is 11.5. The quantitative estimate of drug-likeness (QED) is 0.739. The van der Waals surface area contributed by atoms with E-state index < -0.39 is 10.0 Å². The van der Waals surface area contributed by atoms with Crippen molar-refractivity contribution in [3.05, 3.63) is 65.4 Å². The zero-order valence-electron chi connectivity index (χ0n) is 14.4. The standard InChI is InChI=1S/C19H20N2O3S/c1-4-15-9-10-16(18-11-14(3)20-24-18)12-19(15)25(22,23)21-17-8-6-5-7-13(17)2/h5-12,21H,4H2,1-3H3.